The molecule has 0 fully saturated rings. The fourth-order valence-corrected chi connectivity index (χ4v) is 3.25. The Morgan fingerprint density at radius 1 is 1.39 bits per heavy atom. The van der Waals surface area contributed by atoms with Crippen LogP contribution in [-0.4, -0.2) is 29.5 Å². The number of hydrogen-bond donors (Lipinski definition) is 1. The number of carbonyl (C=O) groups excluding carboxylic acids is 1. The first-order valence-corrected chi connectivity index (χ1v) is 9.11. The molecular weight excluding hydrogens is 310 g/mol. The Bertz CT molecular complexity index is 637. The largest absolute Gasteiger partial charge is 0.511 e. The summed E-state index contributed by atoms with van der Waals surface area (Å²) >= 11 is 1.67. The first kappa shape index (κ1) is 17.6. The summed E-state index contributed by atoms with van der Waals surface area (Å²) in [5.41, 5.74) is 1.97. The van der Waals surface area contributed by atoms with Crippen molar-refractivity contribution in [3.05, 3.63) is 41.2 Å². The number of rotatable bonds is 6. The lowest BCUT2D eigenvalue weighted by Gasteiger charge is -2.24. The molecule has 1 aromatic carbocycles. The van der Waals surface area contributed by atoms with Crippen molar-refractivity contribution in [2.45, 2.75) is 43.9 Å². The molecule has 1 aromatic rings. The number of allylic oxidation sites excluding steroid dienone is 2. The molecule has 0 amide bonds. The van der Waals surface area contributed by atoms with Gasteiger partial charge >= 0.3 is 0 Å². The van der Waals surface area contributed by atoms with Crippen LogP contribution in [0.3, 0.4) is 0 Å². The van der Waals surface area contributed by atoms with Crippen molar-refractivity contribution >= 4 is 23.3 Å². The molecule has 4 nitrogen and oxygen atoms in total. The number of nitrogens with zero attached hydrogens (tertiary/aromatic N) is 1. The quantitative estimate of drug-likeness (QED) is 0.474. The van der Waals surface area contributed by atoms with E-state index in [1.807, 2.05) is 38.3 Å². The molecule has 2 rings (SSSR count). The number of benzene rings is 1. The zero-order valence-corrected chi connectivity index (χ0v) is 14.7. The summed E-state index contributed by atoms with van der Waals surface area (Å²) in [6.45, 7) is 4.18. The number of thioether (sulfide) groups is 1. The summed E-state index contributed by atoms with van der Waals surface area (Å²) in [4.78, 5) is 18.8. The summed E-state index contributed by atoms with van der Waals surface area (Å²) < 4.78 is 0. The molecule has 23 heavy (non-hydrogen) atoms. The Labute approximate surface area is 141 Å². The summed E-state index contributed by atoms with van der Waals surface area (Å²) in [6, 6.07) is 8.15. The minimum absolute atomic E-state index is 0.0172. The Hall–Kier alpha value is -1.75. The van der Waals surface area contributed by atoms with E-state index in [2.05, 4.69) is 11.2 Å². The number of Topliss-reactive ketones (excluding diaryl/α,β-unsaturated/α-hetero) is 1. The van der Waals surface area contributed by atoms with Gasteiger partial charge in [0.1, 0.15) is 12.4 Å². The summed E-state index contributed by atoms with van der Waals surface area (Å²) in [7, 11) is 0. The predicted octanol–water partition coefficient (Wildman–Crippen LogP) is 4.47. The van der Waals surface area contributed by atoms with Crippen molar-refractivity contribution in [3.8, 4) is 0 Å². The van der Waals surface area contributed by atoms with Crippen LogP contribution >= 0.6 is 11.8 Å². The van der Waals surface area contributed by atoms with E-state index in [4.69, 9.17) is 4.84 Å². The maximum Gasteiger partial charge on any atom is 0.168 e. The van der Waals surface area contributed by atoms with Crippen LogP contribution in [0, 0.1) is 0 Å². The molecule has 0 spiro atoms. The number of carbonyl (C=O) groups is 1. The molecule has 0 radical (unpaired) electrons. The van der Waals surface area contributed by atoms with E-state index in [1.54, 1.807) is 11.8 Å². The third kappa shape index (κ3) is 4.16. The first-order valence-electron chi connectivity index (χ1n) is 7.89. The van der Waals surface area contributed by atoms with Crippen molar-refractivity contribution in [1.29, 1.82) is 0 Å². The van der Waals surface area contributed by atoms with E-state index in [-0.39, 0.29) is 17.5 Å². The molecule has 5 heteroatoms. The van der Waals surface area contributed by atoms with Crippen LogP contribution in [0.1, 0.15) is 44.6 Å². The van der Waals surface area contributed by atoms with Crippen LogP contribution in [-0.2, 0) is 9.63 Å². The van der Waals surface area contributed by atoms with Crippen molar-refractivity contribution in [2.24, 2.45) is 5.16 Å². The van der Waals surface area contributed by atoms with Gasteiger partial charge in [-0.05, 0) is 43.2 Å². The molecule has 0 bridgehead atoms. The lowest BCUT2D eigenvalue weighted by Crippen LogP contribution is -2.23. The van der Waals surface area contributed by atoms with Crippen molar-refractivity contribution < 1.29 is 14.7 Å². The molecule has 0 saturated carbocycles. The van der Waals surface area contributed by atoms with Crippen molar-refractivity contribution in [3.63, 3.8) is 0 Å². The topological polar surface area (TPSA) is 58.9 Å². The Morgan fingerprint density at radius 2 is 2.17 bits per heavy atom. The van der Waals surface area contributed by atoms with E-state index < -0.39 is 0 Å². The second-order valence-electron chi connectivity index (χ2n) is 5.44. The van der Waals surface area contributed by atoms with Gasteiger partial charge in [-0.15, -0.1) is 11.8 Å². The van der Waals surface area contributed by atoms with Gasteiger partial charge in [0.2, 0.25) is 0 Å². The van der Waals surface area contributed by atoms with Crippen LogP contribution in [0.15, 0.2) is 45.6 Å². The Kier molecular flexibility index (Phi) is 6.28. The fourth-order valence-electron chi connectivity index (χ4n) is 2.78. The monoisotopic (exact) mass is 333 g/mol. The van der Waals surface area contributed by atoms with E-state index in [9.17, 15) is 9.90 Å². The molecule has 124 valence electrons. The molecule has 0 saturated heterocycles. The minimum atomic E-state index is -0.0615. The molecule has 1 N–H and O–H groups in total. The third-order valence-corrected chi connectivity index (χ3v) is 4.66. The fraction of sp³-hybridized carbons (Fsp3) is 0.444. The van der Waals surface area contributed by atoms with Gasteiger partial charge in [0, 0.05) is 17.7 Å². The van der Waals surface area contributed by atoms with Gasteiger partial charge in [0.25, 0.3) is 0 Å². The van der Waals surface area contributed by atoms with E-state index in [1.165, 1.54) is 0 Å². The van der Waals surface area contributed by atoms with Crippen molar-refractivity contribution in [2.75, 3.05) is 12.9 Å². The zero-order chi connectivity index (χ0) is 16.8. The summed E-state index contributed by atoms with van der Waals surface area (Å²) in [5, 5.41) is 14.4. The summed E-state index contributed by atoms with van der Waals surface area (Å²) in [5.74, 6) is 0.0817. The van der Waals surface area contributed by atoms with Gasteiger partial charge < -0.3 is 9.94 Å². The zero-order valence-electron chi connectivity index (χ0n) is 13.8. The second-order valence-corrected chi connectivity index (χ2v) is 6.32. The average Bonchev–Trinajstić information content (AvgIpc) is 2.57. The van der Waals surface area contributed by atoms with Gasteiger partial charge in [-0.1, -0.05) is 24.2 Å². The van der Waals surface area contributed by atoms with Crippen LogP contribution in [0.5, 0.6) is 0 Å². The van der Waals surface area contributed by atoms with E-state index in [0.717, 1.165) is 10.5 Å². The van der Waals surface area contributed by atoms with Crippen LogP contribution in [0.2, 0.25) is 0 Å². The highest BCUT2D eigenvalue weighted by atomic mass is 32.2. The standard InChI is InChI=1S/C18H23NO3S/c1-4-15(19-22-5-2)18-16(20)10-13(11-17(18)21)12-7-6-8-14(9-12)23-3/h6-9,13,20H,4-5,10-11H2,1-3H3. The number of ketones is 1. The maximum absolute atomic E-state index is 12.5. The molecule has 1 unspecified atom stereocenters. The Balaban J connectivity index is 2.28. The molecule has 0 heterocycles. The van der Waals surface area contributed by atoms with Gasteiger partial charge in [0.05, 0.1) is 11.3 Å². The number of hydrogen-bond acceptors (Lipinski definition) is 5. The molecular formula is C18H23NO3S. The average molecular weight is 333 g/mol. The molecule has 1 atom stereocenters. The number of aliphatic hydroxyl groups is 1. The lowest BCUT2D eigenvalue weighted by atomic mass is 9.81. The second kappa shape index (κ2) is 8.20. The van der Waals surface area contributed by atoms with Crippen LogP contribution in [0.4, 0.5) is 0 Å². The maximum atomic E-state index is 12.5. The molecule has 1 aliphatic rings. The van der Waals surface area contributed by atoms with E-state index in [0.29, 0.717) is 37.2 Å². The highest BCUT2D eigenvalue weighted by molar-refractivity contribution is 7.98. The highest BCUT2D eigenvalue weighted by Gasteiger charge is 2.31. The molecule has 0 aliphatic heterocycles. The third-order valence-electron chi connectivity index (χ3n) is 3.93. The predicted molar refractivity (Wildman–Crippen MR) is 94.2 cm³/mol. The number of oxime groups is 1. The normalized spacial score (nSPS) is 19.2. The first-order chi connectivity index (χ1) is 11.1. The molecule has 1 aliphatic carbocycles. The molecule has 0 aromatic heterocycles. The highest BCUT2D eigenvalue weighted by Crippen LogP contribution is 2.35. The van der Waals surface area contributed by atoms with Crippen LogP contribution in [0.25, 0.3) is 0 Å². The van der Waals surface area contributed by atoms with Gasteiger partial charge in [0.15, 0.2) is 5.78 Å². The van der Waals surface area contributed by atoms with Gasteiger partial charge in [-0.3, -0.25) is 4.79 Å². The van der Waals surface area contributed by atoms with Gasteiger partial charge in [-0.2, -0.15) is 0 Å². The smallest absolute Gasteiger partial charge is 0.168 e. The SMILES string of the molecule is CCON=C(CC)C1=C(O)CC(c2cccc(SC)c2)CC1=O. The minimum Gasteiger partial charge on any atom is -0.511 e. The van der Waals surface area contributed by atoms with Crippen molar-refractivity contribution in [1.82, 2.24) is 0 Å². The Morgan fingerprint density at radius 3 is 2.78 bits per heavy atom. The van der Waals surface area contributed by atoms with E-state index >= 15 is 0 Å². The lowest BCUT2D eigenvalue weighted by molar-refractivity contribution is -0.116. The summed E-state index contributed by atoms with van der Waals surface area (Å²) in [6.07, 6.45) is 3.43. The van der Waals surface area contributed by atoms with Crippen LogP contribution < -0.4 is 0 Å². The number of aliphatic hydroxyl groups excluding tert-OH is 1. The van der Waals surface area contributed by atoms with Gasteiger partial charge in [-0.25, -0.2) is 0 Å².